The summed E-state index contributed by atoms with van der Waals surface area (Å²) in [6.45, 7) is 4.80. The van der Waals surface area contributed by atoms with E-state index in [1.54, 1.807) is 12.1 Å². The third-order valence-electron chi connectivity index (χ3n) is 5.22. The molecule has 1 N–H and O–H groups in total. The van der Waals surface area contributed by atoms with E-state index >= 15 is 0 Å². The molecule has 1 aromatic rings. The van der Waals surface area contributed by atoms with E-state index in [0.29, 0.717) is 18.5 Å². The molecule has 1 aliphatic carbocycles. The van der Waals surface area contributed by atoms with Crippen LogP contribution in [0.3, 0.4) is 0 Å². The Morgan fingerprint density at radius 2 is 1.71 bits per heavy atom. The molecule has 1 saturated heterocycles. The van der Waals surface area contributed by atoms with Gasteiger partial charge < -0.3 is 10.1 Å². The van der Waals surface area contributed by atoms with Crippen molar-refractivity contribution in [1.82, 2.24) is 4.90 Å². The van der Waals surface area contributed by atoms with Gasteiger partial charge in [-0.3, -0.25) is 19.3 Å². The summed E-state index contributed by atoms with van der Waals surface area (Å²) >= 11 is 0. The van der Waals surface area contributed by atoms with Crippen LogP contribution in [0.1, 0.15) is 32.3 Å². The van der Waals surface area contributed by atoms with Gasteiger partial charge in [0.05, 0.1) is 11.8 Å². The van der Waals surface area contributed by atoms with Crippen LogP contribution in [0.4, 0.5) is 5.69 Å². The Morgan fingerprint density at radius 1 is 1.11 bits per heavy atom. The fraction of sp³-hybridized carbons (Fsp3) is 0.429. The number of carbonyl (C=O) groups is 4. The molecule has 7 heteroatoms. The highest BCUT2D eigenvalue weighted by atomic mass is 16.5. The maximum atomic E-state index is 12.6. The average molecular weight is 384 g/mol. The number of allylic oxidation sites excluding steroid dienone is 2. The van der Waals surface area contributed by atoms with Gasteiger partial charge in [-0.15, -0.1) is 0 Å². The maximum absolute atomic E-state index is 12.6. The van der Waals surface area contributed by atoms with E-state index in [9.17, 15) is 19.2 Å². The zero-order valence-electron chi connectivity index (χ0n) is 16.2. The van der Waals surface area contributed by atoms with Crippen molar-refractivity contribution in [1.29, 1.82) is 0 Å². The van der Waals surface area contributed by atoms with Crippen molar-refractivity contribution in [3.05, 3.63) is 42.0 Å². The lowest BCUT2D eigenvalue weighted by Crippen LogP contribution is -2.46. The predicted molar refractivity (Wildman–Crippen MR) is 102 cm³/mol. The summed E-state index contributed by atoms with van der Waals surface area (Å²) in [5.41, 5.74) is 1.58. The van der Waals surface area contributed by atoms with E-state index < -0.39 is 35.9 Å². The molecule has 3 rings (SSSR count). The van der Waals surface area contributed by atoms with Crippen LogP contribution in [0.2, 0.25) is 0 Å². The number of nitrogens with zero attached hydrogens (tertiary/aromatic N) is 1. The zero-order valence-corrected chi connectivity index (χ0v) is 16.2. The molecule has 0 bridgehead atoms. The molecule has 3 amide bonds. The fourth-order valence-electron chi connectivity index (χ4n) is 3.61. The molecule has 1 aliphatic heterocycles. The number of ether oxygens (including phenoxy) is 1. The Morgan fingerprint density at radius 3 is 2.29 bits per heavy atom. The number of likely N-dealkylation sites (tertiary alicyclic amines) is 1. The lowest BCUT2D eigenvalue weighted by Gasteiger charge is -2.23. The number of esters is 1. The van der Waals surface area contributed by atoms with Gasteiger partial charge in [-0.25, -0.2) is 4.79 Å². The van der Waals surface area contributed by atoms with Crippen molar-refractivity contribution in [2.75, 3.05) is 5.32 Å². The van der Waals surface area contributed by atoms with Crippen molar-refractivity contribution >= 4 is 29.4 Å². The average Bonchev–Trinajstić information content (AvgIpc) is 2.92. The first kappa shape index (κ1) is 19.8. The number of benzene rings is 1. The molecule has 2 aliphatic rings. The minimum atomic E-state index is -1.07. The van der Waals surface area contributed by atoms with Gasteiger partial charge in [-0.05, 0) is 51.3 Å². The Balaban J connectivity index is 1.61. The van der Waals surface area contributed by atoms with Gasteiger partial charge in [-0.2, -0.15) is 0 Å². The van der Waals surface area contributed by atoms with Gasteiger partial charge in [0.25, 0.3) is 5.91 Å². The third-order valence-corrected chi connectivity index (χ3v) is 5.22. The monoisotopic (exact) mass is 384 g/mol. The zero-order chi connectivity index (χ0) is 20.4. The summed E-state index contributed by atoms with van der Waals surface area (Å²) < 4.78 is 5.23. The summed E-state index contributed by atoms with van der Waals surface area (Å²) in [7, 11) is 0. The number of hydrogen-bond donors (Lipinski definition) is 1. The number of imide groups is 1. The molecule has 1 aromatic carbocycles. The number of anilines is 1. The summed E-state index contributed by atoms with van der Waals surface area (Å²) in [6.07, 6.45) is 3.71. The highest BCUT2D eigenvalue weighted by molar-refractivity contribution is 6.08. The van der Waals surface area contributed by atoms with Crippen LogP contribution >= 0.6 is 0 Å². The molecule has 0 spiro atoms. The minimum Gasteiger partial charge on any atom is -0.451 e. The number of carbonyl (C=O) groups excluding carboxylic acids is 4. The van der Waals surface area contributed by atoms with Crippen molar-refractivity contribution in [2.45, 2.75) is 45.8 Å². The molecular weight excluding hydrogens is 360 g/mol. The standard InChI is InChI=1S/C21H24N2O5/c1-12-7-6-8-15(11-12)22-18(24)14(3)28-21(27)13(2)23-19(25)16-9-4-5-10-17(16)20(23)26/h4-8,11,13-14,16-17H,9-10H2,1-3H3,(H,22,24)/t13-,14+,16-,17+/m1/s1. The third kappa shape index (κ3) is 3.83. The van der Waals surface area contributed by atoms with E-state index in [1.807, 2.05) is 31.2 Å². The van der Waals surface area contributed by atoms with Crippen LogP contribution in [0.5, 0.6) is 0 Å². The van der Waals surface area contributed by atoms with Crippen molar-refractivity contribution in [3.8, 4) is 0 Å². The lowest BCUT2D eigenvalue weighted by molar-refractivity contribution is -0.163. The SMILES string of the molecule is Cc1cccc(NC(=O)[C@H](C)OC(=O)[C@@H](C)N2C(=O)[C@H]3CC=CC[C@H]3C2=O)c1. The second-order valence-corrected chi connectivity index (χ2v) is 7.32. The summed E-state index contributed by atoms with van der Waals surface area (Å²) in [5, 5.41) is 2.68. The first-order valence-electron chi connectivity index (χ1n) is 9.39. The van der Waals surface area contributed by atoms with Crippen LogP contribution in [-0.4, -0.2) is 40.7 Å². The van der Waals surface area contributed by atoms with E-state index in [2.05, 4.69) is 5.32 Å². The van der Waals surface area contributed by atoms with E-state index in [4.69, 9.17) is 4.74 Å². The maximum Gasteiger partial charge on any atom is 0.329 e. The topological polar surface area (TPSA) is 92.8 Å². The van der Waals surface area contributed by atoms with Crippen LogP contribution < -0.4 is 5.32 Å². The molecule has 1 heterocycles. The molecule has 1 fully saturated rings. The first-order chi connectivity index (χ1) is 13.3. The van der Waals surface area contributed by atoms with Gasteiger partial charge in [0.2, 0.25) is 11.8 Å². The molecule has 4 atom stereocenters. The highest BCUT2D eigenvalue weighted by Crippen LogP contribution is 2.36. The van der Waals surface area contributed by atoms with Gasteiger partial charge in [0.1, 0.15) is 6.04 Å². The molecule has 7 nitrogen and oxygen atoms in total. The lowest BCUT2D eigenvalue weighted by atomic mass is 9.85. The molecule has 0 radical (unpaired) electrons. The smallest absolute Gasteiger partial charge is 0.329 e. The molecule has 28 heavy (non-hydrogen) atoms. The first-order valence-corrected chi connectivity index (χ1v) is 9.39. The van der Waals surface area contributed by atoms with Crippen LogP contribution in [0, 0.1) is 18.8 Å². The summed E-state index contributed by atoms with van der Waals surface area (Å²) in [5.74, 6) is -2.77. The summed E-state index contributed by atoms with van der Waals surface area (Å²) in [6, 6.07) is 6.17. The fourth-order valence-corrected chi connectivity index (χ4v) is 3.61. The van der Waals surface area contributed by atoms with Gasteiger partial charge in [-0.1, -0.05) is 24.3 Å². The predicted octanol–water partition coefficient (Wildman–Crippen LogP) is 2.20. The number of hydrogen-bond acceptors (Lipinski definition) is 5. The van der Waals surface area contributed by atoms with Crippen molar-refractivity contribution in [2.24, 2.45) is 11.8 Å². The highest BCUT2D eigenvalue weighted by Gasteiger charge is 2.50. The molecule has 148 valence electrons. The molecular formula is C21H24N2O5. The normalized spacial score (nSPS) is 23.2. The number of nitrogens with one attached hydrogen (secondary N) is 1. The van der Waals surface area contributed by atoms with Gasteiger partial charge >= 0.3 is 5.97 Å². The number of fused-ring (bicyclic) bond motifs is 1. The number of amides is 3. The molecule has 0 unspecified atom stereocenters. The second-order valence-electron chi connectivity index (χ2n) is 7.32. The Hall–Kier alpha value is -2.96. The Kier molecular flexibility index (Phi) is 5.63. The Bertz CT molecular complexity index is 821. The van der Waals surface area contributed by atoms with Crippen LogP contribution in [-0.2, 0) is 23.9 Å². The quantitative estimate of drug-likeness (QED) is 0.477. The minimum absolute atomic E-state index is 0.347. The van der Waals surface area contributed by atoms with E-state index in [-0.39, 0.29) is 11.8 Å². The number of aryl methyl sites for hydroxylation is 1. The van der Waals surface area contributed by atoms with E-state index in [1.165, 1.54) is 13.8 Å². The largest absolute Gasteiger partial charge is 0.451 e. The van der Waals surface area contributed by atoms with Crippen LogP contribution in [0.15, 0.2) is 36.4 Å². The molecule has 0 aromatic heterocycles. The van der Waals surface area contributed by atoms with Crippen molar-refractivity contribution < 1.29 is 23.9 Å². The Labute approximate surface area is 163 Å². The molecule has 0 saturated carbocycles. The van der Waals surface area contributed by atoms with Crippen LogP contribution in [0.25, 0.3) is 0 Å². The summed E-state index contributed by atoms with van der Waals surface area (Å²) in [4.78, 5) is 50.9. The van der Waals surface area contributed by atoms with Gasteiger partial charge in [0.15, 0.2) is 6.10 Å². The number of rotatable bonds is 5. The van der Waals surface area contributed by atoms with Crippen molar-refractivity contribution in [3.63, 3.8) is 0 Å². The van der Waals surface area contributed by atoms with E-state index in [0.717, 1.165) is 10.5 Å². The second kappa shape index (κ2) is 7.96. The van der Waals surface area contributed by atoms with Gasteiger partial charge in [0, 0.05) is 5.69 Å².